The fraction of sp³-hybridized carbons (Fsp3) is 0.143. The second-order valence-corrected chi connectivity index (χ2v) is 10.1. The monoisotopic (exact) mass is 440 g/mol. The van der Waals surface area contributed by atoms with E-state index in [0.717, 1.165) is 38.1 Å². The fourth-order valence-corrected chi connectivity index (χ4v) is 3.70. The van der Waals surface area contributed by atoms with Crippen molar-refractivity contribution in [2.45, 2.75) is 23.6 Å². The van der Waals surface area contributed by atoms with Gasteiger partial charge in [0, 0.05) is 47.3 Å². The van der Waals surface area contributed by atoms with E-state index in [1.165, 1.54) is 0 Å². The smallest absolute Gasteiger partial charge is 0.308 e. The molecule has 140 valence electrons. The summed E-state index contributed by atoms with van der Waals surface area (Å²) in [5, 5.41) is -0.0514. The first-order valence-corrected chi connectivity index (χ1v) is 11.3. The molecule has 26 heavy (non-hydrogen) atoms. The molecule has 0 aliphatic rings. The molecule has 0 bridgehead atoms. The lowest BCUT2D eigenvalue weighted by Crippen LogP contribution is -2.07. The summed E-state index contributed by atoms with van der Waals surface area (Å²) in [5.41, 5.74) is 0. The van der Waals surface area contributed by atoms with E-state index in [-0.39, 0.29) is 22.3 Å². The van der Waals surface area contributed by atoms with Gasteiger partial charge in [0.25, 0.3) is 18.1 Å². The van der Waals surface area contributed by atoms with Crippen LogP contribution in [0.3, 0.4) is 0 Å². The molecule has 0 aliphatic heterocycles. The minimum absolute atomic E-state index is 0.0106. The van der Waals surface area contributed by atoms with E-state index >= 15 is 0 Å². The minimum atomic E-state index is -4.25. The molecule has 0 unspecified atom stereocenters. The van der Waals surface area contributed by atoms with Crippen molar-refractivity contribution < 1.29 is 35.9 Å². The van der Waals surface area contributed by atoms with Gasteiger partial charge in [0.1, 0.15) is 11.5 Å². The summed E-state index contributed by atoms with van der Waals surface area (Å²) in [6.45, 7) is 2.13. The molecule has 0 fully saturated rings. The molecule has 0 heterocycles. The van der Waals surface area contributed by atoms with Crippen LogP contribution in [0.5, 0.6) is 11.5 Å². The van der Waals surface area contributed by atoms with Crippen LogP contribution in [0.15, 0.2) is 34.1 Å². The Morgan fingerprint density at radius 2 is 1.12 bits per heavy atom. The normalized spacial score (nSPS) is 12.0. The van der Waals surface area contributed by atoms with Gasteiger partial charge in [0.15, 0.2) is 0 Å². The summed E-state index contributed by atoms with van der Waals surface area (Å²) in [4.78, 5) is 21.8. The number of halogens is 2. The maximum absolute atomic E-state index is 11.7. The van der Waals surface area contributed by atoms with E-state index in [4.69, 9.17) is 30.8 Å². The van der Waals surface area contributed by atoms with Gasteiger partial charge in [-0.2, -0.15) is 0 Å². The topological polar surface area (TPSA) is 121 Å². The lowest BCUT2D eigenvalue weighted by Gasteiger charge is -2.13. The Balaban J connectivity index is 3.01. The van der Waals surface area contributed by atoms with Crippen LogP contribution >= 0.6 is 21.4 Å². The van der Waals surface area contributed by atoms with Crippen LogP contribution in [0, 0.1) is 0 Å². The van der Waals surface area contributed by atoms with Crippen LogP contribution in [0.4, 0.5) is 0 Å². The van der Waals surface area contributed by atoms with Crippen molar-refractivity contribution in [2.75, 3.05) is 0 Å². The van der Waals surface area contributed by atoms with Gasteiger partial charge < -0.3 is 9.47 Å². The second-order valence-electron chi connectivity index (χ2n) is 5.00. The summed E-state index contributed by atoms with van der Waals surface area (Å²) in [6.07, 6.45) is 0. The van der Waals surface area contributed by atoms with Crippen molar-refractivity contribution in [3.8, 4) is 11.5 Å². The third-order valence-corrected chi connectivity index (χ3v) is 5.66. The van der Waals surface area contributed by atoms with Gasteiger partial charge in [-0.25, -0.2) is 16.8 Å². The largest absolute Gasteiger partial charge is 0.426 e. The van der Waals surface area contributed by atoms with Crippen LogP contribution in [0.1, 0.15) is 13.8 Å². The van der Waals surface area contributed by atoms with Crippen molar-refractivity contribution in [2.24, 2.45) is 0 Å². The molecular weight excluding hydrogens is 431 g/mol. The Labute approximate surface area is 157 Å². The molecule has 0 atom stereocenters. The molecule has 0 aliphatic carbocycles. The van der Waals surface area contributed by atoms with E-state index in [0.29, 0.717) is 0 Å². The van der Waals surface area contributed by atoms with E-state index < -0.39 is 39.8 Å². The SMILES string of the molecule is CC(=O)Oc1cc(S(=O)(=O)Cl)cc2cc(S(=O)(=O)Cl)cc(OC(C)=O)c12. The molecule has 12 heteroatoms. The molecule has 2 aromatic carbocycles. The predicted octanol–water partition coefficient (Wildman–Crippen LogP) is 2.55. The Morgan fingerprint density at radius 3 is 1.38 bits per heavy atom. The molecule has 0 radical (unpaired) electrons. The summed E-state index contributed by atoms with van der Waals surface area (Å²) in [6, 6.07) is 3.97. The number of hydrogen-bond acceptors (Lipinski definition) is 8. The van der Waals surface area contributed by atoms with Crippen molar-refractivity contribution >= 4 is 62.2 Å². The Bertz CT molecular complexity index is 1050. The van der Waals surface area contributed by atoms with Crippen LogP contribution in [0.25, 0.3) is 10.8 Å². The van der Waals surface area contributed by atoms with Crippen molar-refractivity contribution in [1.29, 1.82) is 0 Å². The number of benzene rings is 2. The molecule has 0 spiro atoms. The first-order chi connectivity index (χ1) is 11.8. The van der Waals surface area contributed by atoms with Crippen LogP contribution in [-0.2, 0) is 27.7 Å². The lowest BCUT2D eigenvalue weighted by atomic mass is 10.1. The van der Waals surface area contributed by atoms with Crippen LogP contribution in [0.2, 0.25) is 0 Å². The highest BCUT2D eigenvalue weighted by Gasteiger charge is 2.22. The third kappa shape index (κ3) is 4.64. The average Bonchev–Trinajstić information content (AvgIpc) is 2.43. The maximum atomic E-state index is 11.7. The van der Waals surface area contributed by atoms with E-state index in [1.54, 1.807) is 0 Å². The molecule has 0 amide bonds. The third-order valence-electron chi connectivity index (χ3n) is 2.99. The highest BCUT2D eigenvalue weighted by Crippen LogP contribution is 2.40. The molecule has 8 nitrogen and oxygen atoms in total. The molecule has 0 saturated heterocycles. The Kier molecular flexibility index (Phi) is 5.52. The maximum Gasteiger partial charge on any atom is 0.308 e. The average molecular weight is 441 g/mol. The molecule has 0 N–H and O–H groups in total. The van der Waals surface area contributed by atoms with Crippen molar-refractivity contribution in [1.82, 2.24) is 0 Å². The Hall–Kier alpha value is -1.88. The van der Waals surface area contributed by atoms with Crippen molar-refractivity contribution in [3.63, 3.8) is 0 Å². The zero-order valence-electron chi connectivity index (χ0n) is 13.1. The Morgan fingerprint density at radius 1 is 0.769 bits per heavy atom. The number of fused-ring (bicyclic) bond motifs is 1. The number of carbonyl (C=O) groups is 2. The van der Waals surface area contributed by atoms with Gasteiger partial charge in [-0.05, 0) is 17.5 Å². The minimum Gasteiger partial charge on any atom is -0.426 e. The van der Waals surface area contributed by atoms with Gasteiger partial charge in [0.05, 0.1) is 15.2 Å². The molecular formula is C14H10Cl2O8S2. The zero-order chi connectivity index (χ0) is 19.9. The van der Waals surface area contributed by atoms with Gasteiger partial charge in [-0.15, -0.1) is 0 Å². The number of hydrogen-bond donors (Lipinski definition) is 0. The molecule has 0 saturated carbocycles. The van der Waals surface area contributed by atoms with Crippen LogP contribution < -0.4 is 9.47 Å². The van der Waals surface area contributed by atoms with E-state index in [9.17, 15) is 26.4 Å². The lowest BCUT2D eigenvalue weighted by molar-refractivity contribution is -0.132. The van der Waals surface area contributed by atoms with E-state index in [2.05, 4.69) is 0 Å². The highest BCUT2D eigenvalue weighted by molar-refractivity contribution is 8.14. The molecule has 0 aromatic heterocycles. The first-order valence-electron chi connectivity index (χ1n) is 6.67. The first kappa shape index (κ1) is 20.4. The summed E-state index contributed by atoms with van der Waals surface area (Å²) in [5.74, 6) is -2.16. The highest BCUT2D eigenvalue weighted by atomic mass is 35.7. The predicted molar refractivity (Wildman–Crippen MR) is 92.6 cm³/mol. The number of carbonyl (C=O) groups excluding carboxylic acids is 2. The van der Waals surface area contributed by atoms with Gasteiger partial charge >= 0.3 is 11.9 Å². The summed E-state index contributed by atoms with van der Waals surface area (Å²) < 4.78 is 56.6. The number of rotatable bonds is 4. The fourth-order valence-electron chi connectivity index (χ4n) is 2.14. The molecule has 2 aromatic rings. The second kappa shape index (κ2) is 7.03. The number of ether oxygens (including phenoxy) is 2. The van der Waals surface area contributed by atoms with Crippen molar-refractivity contribution in [3.05, 3.63) is 24.3 Å². The van der Waals surface area contributed by atoms with Gasteiger partial charge in [-0.1, -0.05) is 0 Å². The van der Waals surface area contributed by atoms with Gasteiger partial charge in [0.2, 0.25) is 0 Å². The number of esters is 2. The zero-order valence-corrected chi connectivity index (χ0v) is 16.3. The standard InChI is InChI=1S/C14H10Cl2O8S2/c1-7(17)23-12-5-10(25(15,19)20)3-9-4-11(26(16,21)22)6-13(14(9)12)24-8(2)18/h3-6H,1-2H3. The van der Waals surface area contributed by atoms with Gasteiger partial charge in [-0.3, -0.25) is 9.59 Å². The summed E-state index contributed by atoms with van der Waals surface area (Å²) >= 11 is 0. The van der Waals surface area contributed by atoms with E-state index in [1.807, 2.05) is 0 Å². The summed E-state index contributed by atoms with van der Waals surface area (Å²) in [7, 11) is 2.15. The molecule has 2 rings (SSSR count). The van der Waals surface area contributed by atoms with Crippen LogP contribution in [-0.4, -0.2) is 28.8 Å². The quantitative estimate of drug-likeness (QED) is 0.403.